The molecule has 1 aromatic carbocycles. The first-order valence-corrected chi connectivity index (χ1v) is 4.80. The summed E-state index contributed by atoms with van der Waals surface area (Å²) in [6.45, 7) is 1.93. The highest BCUT2D eigenvalue weighted by atomic mass is 35.5. The number of halogens is 1. The number of benzene rings is 1. The predicted octanol–water partition coefficient (Wildman–Crippen LogP) is 3.11. The molecule has 0 amide bonds. The van der Waals surface area contributed by atoms with Crippen LogP contribution >= 0.6 is 11.6 Å². The monoisotopic (exact) mass is 196 g/mol. The number of carbonyl (C=O) groups excluding carboxylic acids is 1. The van der Waals surface area contributed by atoms with E-state index < -0.39 is 0 Å². The molecule has 0 spiro atoms. The molecule has 1 atom stereocenters. The van der Waals surface area contributed by atoms with Crippen molar-refractivity contribution in [2.75, 3.05) is 0 Å². The van der Waals surface area contributed by atoms with Gasteiger partial charge < -0.3 is 4.79 Å². The van der Waals surface area contributed by atoms with Crippen LogP contribution in [-0.4, -0.2) is 6.29 Å². The summed E-state index contributed by atoms with van der Waals surface area (Å²) in [6.07, 6.45) is 2.85. The van der Waals surface area contributed by atoms with Gasteiger partial charge in [0.2, 0.25) is 0 Å². The zero-order valence-corrected chi connectivity index (χ0v) is 8.42. The number of hydrogen-bond acceptors (Lipinski definition) is 1. The van der Waals surface area contributed by atoms with Crippen LogP contribution in [0.1, 0.15) is 18.9 Å². The maximum Gasteiger partial charge on any atom is 0.122 e. The Bertz CT molecular complexity index is 266. The van der Waals surface area contributed by atoms with Crippen LogP contribution in [0.4, 0.5) is 0 Å². The van der Waals surface area contributed by atoms with Crippen molar-refractivity contribution in [3.8, 4) is 0 Å². The standard InChI is InChI=1S/C11H13ClO/c1-9(8-13)2-3-10-4-6-11(12)7-5-10/h4-9H,2-3H2,1H3. The molecule has 2 heteroatoms. The van der Waals surface area contributed by atoms with E-state index in [-0.39, 0.29) is 5.92 Å². The van der Waals surface area contributed by atoms with E-state index in [4.69, 9.17) is 11.6 Å². The van der Waals surface area contributed by atoms with E-state index in [0.29, 0.717) is 0 Å². The molecule has 0 aliphatic rings. The lowest BCUT2D eigenvalue weighted by atomic mass is 10.0. The largest absolute Gasteiger partial charge is 0.303 e. The maximum absolute atomic E-state index is 10.4. The third-order valence-electron chi connectivity index (χ3n) is 2.03. The summed E-state index contributed by atoms with van der Waals surface area (Å²) in [4.78, 5) is 10.4. The van der Waals surface area contributed by atoms with Crippen molar-refractivity contribution < 1.29 is 4.79 Å². The van der Waals surface area contributed by atoms with Gasteiger partial charge in [0.15, 0.2) is 0 Å². The fraction of sp³-hybridized carbons (Fsp3) is 0.364. The van der Waals surface area contributed by atoms with E-state index >= 15 is 0 Å². The third-order valence-corrected chi connectivity index (χ3v) is 2.29. The van der Waals surface area contributed by atoms with E-state index in [2.05, 4.69) is 0 Å². The zero-order valence-electron chi connectivity index (χ0n) is 7.66. The van der Waals surface area contributed by atoms with Crippen molar-refractivity contribution in [3.63, 3.8) is 0 Å². The van der Waals surface area contributed by atoms with Gasteiger partial charge in [-0.1, -0.05) is 30.7 Å². The van der Waals surface area contributed by atoms with Crippen molar-refractivity contribution in [1.29, 1.82) is 0 Å². The lowest BCUT2D eigenvalue weighted by Crippen LogP contribution is -1.97. The van der Waals surface area contributed by atoms with Crippen LogP contribution in [0.25, 0.3) is 0 Å². The van der Waals surface area contributed by atoms with Crippen LogP contribution in [0.15, 0.2) is 24.3 Å². The highest BCUT2D eigenvalue weighted by molar-refractivity contribution is 6.30. The van der Waals surface area contributed by atoms with Crippen LogP contribution in [0.3, 0.4) is 0 Å². The maximum atomic E-state index is 10.4. The van der Waals surface area contributed by atoms with Crippen molar-refractivity contribution in [2.45, 2.75) is 19.8 Å². The van der Waals surface area contributed by atoms with E-state index in [1.807, 2.05) is 31.2 Å². The number of aldehydes is 1. The topological polar surface area (TPSA) is 17.1 Å². The molecular formula is C11H13ClO. The summed E-state index contributed by atoms with van der Waals surface area (Å²) < 4.78 is 0. The molecule has 1 nitrogen and oxygen atoms in total. The van der Waals surface area contributed by atoms with Gasteiger partial charge >= 0.3 is 0 Å². The van der Waals surface area contributed by atoms with Crippen molar-refractivity contribution in [2.24, 2.45) is 5.92 Å². The molecule has 0 aliphatic carbocycles. The molecule has 1 aromatic rings. The summed E-state index contributed by atoms with van der Waals surface area (Å²) in [6, 6.07) is 7.75. The summed E-state index contributed by atoms with van der Waals surface area (Å²) in [7, 11) is 0. The zero-order chi connectivity index (χ0) is 9.68. The Morgan fingerprint density at radius 2 is 2.00 bits per heavy atom. The van der Waals surface area contributed by atoms with Crippen LogP contribution in [0, 0.1) is 5.92 Å². The quantitative estimate of drug-likeness (QED) is 0.677. The highest BCUT2D eigenvalue weighted by Gasteiger charge is 2.00. The Morgan fingerprint density at radius 3 is 2.54 bits per heavy atom. The van der Waals surface area contributed by atoms with Gasteiger partial charge in [0.1, 0.15) is 6.29 Å². The Kier molecular flexibility index (Phi) is 3.97. The molecule has 0 fully saturated rings. The minimum atomic E-state index is 0.149. The van der Waals surface area contributed by atoms with Crippen molar-refractivity contribution in [3.05, 3.63) is 34.9 Å². The van der Waals surface area contributed by atoms with Gasteiger partial charge in [-0.25, -0.2) is 0 Å². The molecule has 1 unspecified atom stereocenters. The van der Waals surface area contributed by atoms with Gasteiger partial charge in [0.25, 0.3) is 0 Å². The van der Waals surface area contributed by atoms with Gasteiger partial charge in [-0.3, -0.25) is 0 Å². The van der Waals surface area contributed by atoms with Crippen LogP contribution in [0.2, 0.25) is 5.02 Å². The van der Waals surface area contributed by atoms with Gasteiger partial charge in [-0.05, 0) is 30.5 Å². The first kappa shape index (κ1) is 10.3. The van der Waals surface area contributed by atoms with E-state index in [0.717, 1.165) is 24.2 Å². The Hall–Kier alpha value is -0.820. The second-order valence-corrected chi connectivity index (χ2v) is 3.71. The second-order valence-electron chi connectivity index (χ2n) is 3.28. The molecule has 0 saturated carbocycles. The van der Waals surface area contributed by atoms with Gasteiger partial charge in [0.05, 0.1) is 0 Å². The molecule has 0 saturated heterocycles. The van der Waals surface area contributed by atoms with Crippen molar-refractivity contribution in [1.82, 2.24) is 0 Å². The Labute approximate surface area is 83.7 Å². The lowest BCUT2D eigenvalue weighted by Gasteiger charge is -2.03. The first-order chi connectivity index (χ1) is 6.22. The van der Waals surface area contributed by atoms with E-state index in [9.17, 15) is 4.79 Å². The molecule has 0 bridgehead atoms. The highest BCUT2D eigenvalue weighted by Crippen LogP contribution is 2.12. The van der Waals surface area contributed by atoms with E-state index in [1.54, 1.807) is 0 Å². The van der Waals surface area contributed by atoms with Gasteiger partial charge in [-0.15, -0.1) is 0 Å². The van der Waals surface area contributed by atoms with Crippen molar-refractivity contribution >= 4 is 17.9 Å². The van der Waals surface area contributed by atoms with Crippen LogP contribution in [0.5, 0.6) is 0 Å². The summed E-state index contributed by atoms with van der Waals surface area (Å²) in [5.74, 6) is 0.149. The van der Waals surface area contributed by atoms with E-state index in [1.165, 1.54) is 5.56 Å². The molecular weight excluding hydrogens is 184 g/mol. The normalized spacial score (nSPS) is 12.5. The van der Waals surface area contributed by atoms with Gasteiger partial charge in [0, 0.05) is 10.9 Å². The lowest BCUT2D eigenvalue weighted by molar-refractivity contribution is -0.110. The minimum absolute atomic E-state index is 0.149. The number of hydrogen-bond donors (Lipinski definition) is 0. The number of aryl methyl sites for hydroxylation is 1. The smallest absolute Gasteiger partial charge is 0.122 e. The Balaban J connectivity index is 2.45. The van der Waals surface area contributed by atoms with Crippen LogP contribution in [-0.2, 0) is 11.2 Å². The predicted molar refractivity (Wildman–Crippen MR) is 55.0 cm³/mol. The molecule has 13 heavy (non-hydrogen) atoms. The van der Waals surface area contributed by atoms with Crippen LogP contribution < -0.4 is 0 Å². The first-order valence-electron chi connectivity index (χ1n) is 4.42. The molecule has 1 rings (SSSR count). The third kappa shape index (κ3) is 3.60. The molecule has 70 valence electrons. The molecule has 0 heterocycles. The van der Waals surface area contributed by atoms with Gasteiger partial charge in [-0.2, -0.15) is 0 Å². The molecule has 0 aliphatic heterocycles. The number of rotatable bonds is 4. The summed E-state index contributed by atoms with van der Waals surface area (Å²) in [5.41, 5.74) is 1.23. The molecule has 0 N–H and O–H groups in total. The average molecular weight is 197 g/mol. The minimum Gasteiger partial charge on any atom is -0.303 e. The SMILES string of the molecule is CC(C=O)CCc1ccc(Cl)cc1. The Morgan fingerprint density at radius 1 is 1.38 bits per heavy atom. The molecule has 0 radical (unpaired) electrons. The fourth-order valence-electron chi connectivity index (χ4n) is 1.11. The average Bonchev–Trinajstić information content (AvgIpc) is 2.16. The second kappa shape index (κ2) is 5.03. The molecule has 0 aromatic heterocycles. The fourth-order valence-corrected chi connectivity index (χ4v) is 1.24. The number of carbonyl (C=O) groups is 1. The summed E-state index contributed by atoms with van der Waals surface area (Å²) in [5, 5.41) is 0.757. The summed E-state index contributed by atoms with van der Waals surface area (Å²) >= 11 is 5.75.